The number of benzene rings is 2. The number of halogens is 2. The maximum Gasteiger partial charge on any atom is 0.264 e. The zero-order valence-electron chi connectivity index (χ0n) is 16.3. The molecule has 5 aromatic rings. The Morgan fingerprint density at radius 3 is 2.68 bits per heavy atom. The molecule has 0 aliphatic rings. The highest BCUT2D eigenvalue weighted by Crippen LogP contribution is 2.28. The summed E-state index contributed by atoms with van der Waals surface area (Å²) in [5.74, 6) is 0.513. The van der Waals surface area contributed by atoms with E-state index in [1.807, 2.05) is 55.5 Å². The van der Waals surface area contributed by atoms with Crippen LogP contribution in [0.25, 0.3) is 27.6 Å². The van der Waals surface area contributed by atoms with Gasteiger partial charge in [-0.15, -0.1) is 0 Å². The summed E-state index contributed by atoms with van der Waals surface area (Å²) < 4.78 is 1.67. The zero-order valence-corrected chi connectivity index (χ0v) is 17.8. The zero-order chi connectivity index (χ0) is 21.5. The van der Waals surface area contributed by atoms with E-state index in [0.29, 0.717) is 27.4 Å². The number of imidazole rings is 1. The molecule has 154 valence electrons. The molecular weight excluding hydrogens is 435 g/mol. The average molecular weight is 451 g/mol. The van der Waals surface area contributed by atoms with Gasteiger partial charge in [0.15, 0.2) is 17.0 Å². The monoisotopic (exact) mass is 450 g/mol. The Hall–Kier alpha value is -3.42. The van der Waals surface area contributed by atoms with Crippen LogP contribution in [0.4, 0.5) is 5.82 Å². The molecule has 0 fully saturated rings. The predicted molar refractivity (Wildman–Crippen MR) is 123 cm³/mol. The normalized spacial score (nSPS) is 12.4. The van der Waals surface area contributed by atoms with Gasteiger partial charge in [0, 0.05) is 11.4 Å². The van der Waals surface area contributed by atoms with E-state index in [2.05, 4.69) is 25.3 Å². The van der Waals surface area contributed by atoms with Gasteiger partial charge in [-0.1, -0.05) is 41.9 Å². The molecule has 0 amide bonds. The third-order valence-corrected chi connectivity index (χ3v) is 5.58. The van der Waals surface area contributed by atoms with Crippen LogP contribution in [0.1, 0.15) is 18.7 Å². The summed E-state index contributed by atoms with van der Waals surface area (Å²) in [6, 6.07) is 16.5. The molecule has 7 nitrogen and oxygen atoms in total. The summed E-state index contributed by atoms with van der Waals surface area (Å²) in [5.41, 5.74) is 2.36. The molecule has 9 heteroatoms. The van der Waals surface area contributed by atoms with Crippen molar-refractivity contribution in [3.63, 3.8) is 0 Å². The van der Waals surface area contributed by atoms with E-state index >= 15 is 0 Å². The fraction of sp³-hybridized carbons (Fsp3) is 0.0909. The van der Waals surface area contributed by atoms with Gasteiger partial charge in [-0.05, 0) is 48.2 Å². The summed E-state index contributed by atoms with van der Waals surface area (Å²) >= 11 is 12.4. The molecule has 3 aromatic heterocycles. The SMILES string of the molecule is C[C@H](Nc1ncnc2[nH]c(Cl)nc12)c1cc2cccc(Cl)c2c(=O)n1-c1ccccc1. The predicted octanol–water partition coefficient (Wildman–Crippen LogP) is 5.14. The number of pyridine rings is 1. The quantitative estimate of drug-likeness (QED) is 0.370. The Kier molecular flexibility index (Phi) is 4.84. The number of nitrogens with one attached hydrogen (secondary N) is 2. The molecule has 2 N–H and O–H groups in total. The summed E-state index contributed by atoms with van der Waals surface area (Å²) in [7, 11) is 0. The Morgan fingerprint density at radius 2 is 1.87 bits per heavy atom. The molecule has 0 bridgehead atoms. The fourth-order valence-corrected chi connectivity index (χ4v) is 4.12. The molecule has 0 aliphatic heterocycles. The summed E-state index contributed by atoms with van der Waals surface area (Å²) in [6.07, 6.45) is 1.43. The van der Waals surface area contributed by atoms with E-state index in [1.54, 1.807) is 10.6 Å². The lowest BCUT2D eigenvalue weighted by Crippen LogP contribution is -2.25. The third kappa shape index (κ3) is 3.41. The smallest absolute Gasteiger partial charge is 0.264 e. The van der Waals surface area contributed by atoms with Gasteiger partial charge in [0.2, 0.25) is 5.28 Å². The van der Waals surface area contributed by atoms with Gasteiger partial charge in [0.25, 0.3) is 5.56 Å². The maximum atomic E-state index is 13.5. The van der Waals surface area contributed by atoms with Crippen LogP contribution in [0.15, 0.2) is 65.7 Å². The van der Waals surface area contributed by atoms with E-state index in [1.165, 1.54) is 6.33 Å². The lowest BCUT2D eigenvalue weighted by molar-refractivity contribution is 0.774. The molecule has 0 saturated heterocycles. The van der Waals surface area contributed by atoms with E-state index < -0.39 is 0 Å². The molecule has 1 atom stereocenters. The molecule has 31 heavy (non-hydrogen) atoms. The summed E-state index contributed by atoms with van der Waals surface area (Å²) in [5, 5.41) is 5.24. The highest BCUT2D eigenvalue weighted by atomic mass is 35.5. The molecule has 0 radical (unpaired) electrons. The second-order valence-electron chi connectivity index (χ2n) is 7.06. The standard InChI is InChI=1S/C22H16Cl2N6O/c1-12(27-19-18-20(26-11-25-19)29-22(24)28-18)16-10-13-6-5-9-15(23)17(13)21(31)30(16)14-7-3-2-4-8-14/h2-12H,1H3,(H2,25,26,27,28,29)/t12-/m0/s1. The minimum atomic E-state index is -0.301. The Labute approximate surface area is 186 Å². The van der Waals surface area contributed by atoms with Crippen LogP contribution < -0.4 is 10.9 Å². The van der Waals surface area contributed by atoms with Crippen LogP contribution in [0.2, 0.25) is 10.3 Å². The van der Waals surface area contributed by atoms with Crippen LogP contribution in [-0.4, -0.2) is 24.5 Å². The number of hydrogen-bond donors (Lipinski definition) is 2. The number of hydrogen-bond acceptors (Lipinski definition) is 5. The average Bonchev–Trinajstić information content (AvgIpc) is 3.15. The number of fused-ring (bicyclic) bond motifs is 2. The van der Waals surface area contributed by atoms with Gasteiger partial charge in [0.05, 0.1) is 16.5 Å². The number of aromatic nitrogens is 5. The Balaban J connectivity index is 1.70. The van der Waals surface area contributed by atoms with Crippen molar-refractivity contribution in [1.82, 2.24) is 24.5 Å². The van der Waals surface area contributed by atoms with Crippen molar-refractivity contribution in [2.75, 3.05) is 5.32 Å². The van der Waals surface area contributed by atoms with Crippen molar-refractivity contribution in [2.45, 2.75) is 13.0 Å². The fourth-order valence-electron chi connectivity index (χ4n) is 3.69. The Morgan fingerprint density at radius 1 is 1.06 bits per heavy atom. The van der Waals surface area contributed by atoms with Gasteiger partial charge < -0.3 is 10.3 Å². The van der Waals surface area contributed by atoms with Crippen molar-refractivity contribution in [3.8, 4) is 5.69 Å². The highest BCUT2D eigenvalue weighted by Gasteiger charge is 2.19. The van der Waals surface area contributed by atoms with Gasteiger partial charge >= 0.3 is 0 Å². The second kappa shape index (κ2) is 7.68. The summed E-state index contributed by atoms with van der Waals surface area (Å²) in [6.45, 7) is 1.95. The van der Waals surface area contributed by atoms with Gasteiger partial charge in [-0.3, -0.25) is 9.36 Å². The molecule has 0 aliphatic carbocycles. The molecule has 0 saturated carbocycles. The van der Waals surface area contributed by atoms with Gasteiger partial charge in [0.1, 0.15) is 6.33 Å². The molecule has 2 aromatic carbocycles. The molecular formula is C22H16Cl2N6O. The first-order chi connectivity index (χ1) is 15.0. The van der Waals surface area contributed by atoms with Crippen molar-refractivity contribution in [1.29, 1.82) is 0 Å². The minimum absolute atomic E-state index is 0.186. The van der Waals surface area contributed by atoms with Crippen LogP contribution in [0.3, 0.4) is 0 Å². The van der Waals surface area contributed by atoms with Crippen molar-refractivity contribution in [3.05, 3.63) is 87.3 Å². The number of H-pyrrole nitrogens is 1. The molecule has 3 heterocycles. The topological polar surface area (TPSA) is 88.5 Å². The minimum Gasteiger partial charge on any atom is -0.360 e. The van der Waals surface area contributed by atoms with Crippen LogP contribution >= 0.6 is 23.2 Å². The lowest BCUT2D eigenvalue weighted by atomic mass is 10.1. The van der Waals surface area contributed by atoms with Crippen molar-refractivity contribution >= 4 is 51.0 Å². The van der Waals surface area contributed by atoms with Gasteiger partial charge in [-0.25, -0.2) is 15.0 Å². The molecule has 0 unspecified atom stereocenters. The maximum absolute atomic E-state index is 13.5. The van der Waals surface area contributed by atoms with Crippen LogP contribution in [0, 0.1) is 0 Å². The van der Waals surface area contributed by atoms with Crippen molar-refractivity contribution < 1.29 is 0 Å². The van der Waals surface area contributed by atoms with E-state index in [4.69, 9.17) is 23.2 Å². The van der Waals surface area contributed by atoms with Crippen LogP contribution in [-0.2, 0) is 0 Å². The number of anilines is 1. The highest BCUT2D eigenvalue weighted by molar-refractivity contribution is 6.35. The van der Waals surface area contributed by atoms with Crippen LogP contribution in [0.5, 0.6) is 0 Å². The number of aromatic amines is 1. The first kappa shape index (κ1) is 19.5. The van der Waals surface area contributed by atoms with E-state index in [0.717, 1.165) is 16.8 Å². The lowest BCUT2D eigenvalue weighted by Gasteiger charge is -2.21. The van der Waals surface area contributed by atoms with E-state index in [-0.39, 0.29) is 16.9 Å². The summed E-state index contributed by atoms with van der Waals surface area (Å²) in [4.78, 5) is 29.1. The van der Waals surface area contributed by atoms with Gasteiger partial charge in [-0.2, -0.15) is 0 Å². The number of nitrogens with zero attached hydrogens (tertiary/aromatic N) is 4. The largest absolute Gasteiger partial charge is 0.360 e. The third-order valence-electron chi connectivity index (χ3n) is 5.09. The van der Waals surface area contributed by atoms with E-state index in [9.17, 15) is 4.79 Å². The second-order valence-corrected chi connectivity index (χ2v) is 7.83. The van der Waals surface area contributed by atoms with Crippen molar-refractivity contribution in [2.24, 2.45) is 0 Å². The first-order valence-corrected chi connectivity index (χ1v) is 10.3. The number of para-hydroxylation sites is 1. The Bertz CT molecular complexity index is 1480. The molecule has 0 spiro atoms. The molecule has 5 rings (SSSR count). The number of rotatable bonds is 4. The first-order valence-electron chi connectivity index (χ1n) is 9.55.